The summed E-state index contributed by atoms with van der Waals surface area (Å²) in [4.78, 5) is 25.0. The highest BCUT2D eigenvalue weighted by molar-refractivity contribution is 5.96. The van der Waals surface area contributed by atoms with Crippen LogP contribution in [0.3, 0.4) is 0 Å². The number of carbonyl (C=O) groups excluding carboxylic acids is 2. The minimum atomic E-state index is -0.401. The van der Waals surface area contributed by atoms with Gasteiger partial charge in [-0.2, -0.15) is 5.10 Å². The highest BCUT2D eigenvalue weighted by Gasteiger charge is 2.45. The van der Waals surface area contributed by atoms with E-state index >= 15 is 0 Å². The molecule has 3 rings (SSSR count). The lowest BCUT2D eigenvalue weighted by molar-refractivity contribution is -0.120. The zero-order valence-corrected chi connectivity index (χ0v) is 21.6. The van der Waals surface area contributed by atoms with E-state index in [1.165, 1.54) is 12.5 Å². The Morgan fingerprint density at radius 3 is 2.71 bits per heavy atom. The molecule has 8 nitrogen and oxygen atoms in total. The maximum atomic E-state index is 13.5. The summed E-state index contributed by atoms with van der Waals surface area (Å²) in [6.07, 6.45) is 7.35. The van der Waals surface area contributed by atoms with Gasteiger partial charge in [0.15, 0.2) is 0 Å². The number of aliphatic hydroxyl groups excluding tert-OH is 1. The van der Waals surface area contributed by atoms with E-state index in [0.717, 1.165) is 19.3 Å². The molecule has 1 fully saturated rings. The Hall–Kier alpha value is -2.35. The molecular weight excluding hydrogens is 432 g/mol. The molecule has 1 heterocycles. The molecule has 1 saturated carbocycles. The van der Waals surface area contributed by atoms with Crippen LogP contribution < -0.4 is 15.4 Å². The largest absolute Gasteiger partial charge is 0.477 e. The van der Waals surface area contributed by atoms with Crippen molar-refractivity contribution in [3.8, 4) is 5.88 Å². The van der Waals surface area contributed by atoms with E-state index in [0.29, 0.717) is 48.8 Å². The van der Waals surface area contributed by atoms with Gasteiger partial charge >= 0.3 is 0 Å². The first kappa shape index (κ1) is 26.3. The van der Waals surface area contributed by atoms with Crippen LogP contribution in [0.1, 0.15) is 77.6 Å². The number of ether oxygens (including phenoxy) is 1. The first-order chi connectivity index (χ1) is 16.1. The van der Waals surface area contributed by atoms with Crippen molar-refractivity contribution in [2.75, 3.05) is 13.2 Å². The van der Waals surface area contributed by atoms with Gasteiger partial charge in [0.25, 0.3) is 5.91 Å². The predicted molar refractivity (Wildman–Crippen MR) is 131 cm³/mol. The summed E-state index contributed by atoms with van der Waals surface area (Å²) in [7, 11) is 0. The molecule has 2 aliphatic rings. The first-order valence-electron chi connectivity index (χ1n) is 12.6. The summed E-state index contributed by atoms with van der Waals surface area (Å²) in [6, 6.07) is 0.0558. The average Bonchev–Trinajstić information content (AvgIpc) is 3.14. The predicted octanol–water partition coefficient (Wildman–Crippen LogP) is 3.31. The lowest BCUT2D eigenvalue weighted by Gasteiger charge is -2.48. The summed E-state index contributed by atoms with van der Waals surface area (Å²) >= 11 is 0. The summed E-state index contributed by atoms with van der Waals surface area (Å²) in [5.74, 6) is 1.46. The van der Waals surface area contributed by atoms with E-state index in [2.05, 4.69) is 42.6 Å². The highest BCUT2D eigenvalue weighted by Crippen LogP contribution is 2.48. The van der Waals surface area contributed by atoms with E-state index < -0.39 is 5.54 Å². The molecule has 0 aromatic carbocycles. The normalized spacial score (nSPS) is 24.2. The van der Waals surface area contributed by atoms with Gasteiger partial charge < -0.3 is 20.5 Å². The number of hydrogen-bond donors (Lipinski definition) is 3. The Balaban J connectivity index is 1.77. The van der Waals surface area contributed by atoms with Crippen molar-refractivity contribution in [3.05, 3.63) is 23.4 Å². The smallest absolute Gasteiger partial charge is 0.258 e. The van der Waals surface area contributed by atoms with Crippen molar-refractivity contribution < 1.29 is 19.4 Å². The molecule has 34 heavy (non-hydrogen) atoms. The van der Waals surface area contributed by atoms with Gasteiger partial charge in [0.1, 0.15) is 5.56 Å². The van der Waals surface area contributed by atoms with Crippen LogP contribution in [0.4, 0.5) is 0 Å². The van der Waals surface area contributed by atoms with Crippen molar-refractivity contribution in [2.24, 2.45) is 23.7 Å². The third kappa shape index (κ3) is 6.01. The fraction of sp³-hybridized carbons (Fsp3) is 0.731. The summed E-state index contributed by atoms with van der Waals surface area (Å²) < 4.78 is 7.82. The number of fused-ring (bicyclic) bond motifs is 1. The number of allylic oxidation sites excluding steroid dienone is 1. The Labute approximate surface area is 203 Å². The molecule has 190 valence electrons. The molecule has 1 aromatic rings. The Morgan fingerprint density at radius 2 is 2.09 bits per heavy atom. The second-order valence-electron chi connectivity index (χ2n) is 10.9. The number of aryl methyl sites for hydroxylation is 1. The molecule has 0 aliphatic heterocycles. The quantitative estimate of drug-likeness (QED) is 0.427. The van der Waals surface area contributed by atoms with Gasteiger partial charge in [-0.1, -0.05) is 38.8 Å². The minimum Gasteiger partial charge on any atom is -0.477 e. The summed E-state index contributed by atoms with van der Waals surface area (Å²) in [6.45, 7) is 12.9. The second-order valence-corrected chi connectivity index (χ2v) is 10.9. The average molecular weight is 475 g/mol. The van der Waals surface area contributed by atoms with Crippen molar-refractivity contribution >= 4 is 11.8 Å². The number of nitrogens with zero attached hydrogens (tertiary/aromatic N) is 2. The van der Waals surface area contributed by atoms with E-state index in [1.807, 2.05) is 13.8 Å². The Kier molecular flexibility index (Phi) is 8.44. The summed E-state index contributed by atoms with van der Waals surface area (Å²) in [5.41, 5.74) is 1.34. The lowest BCUT2D eigenvalue weighted by Crippen LogP contribution is -2.53. The fourth-order valence-electron chi connectivity index (χ4n) is 5.22. The topological polar surface area (TPSA) is 105 Å². The van der Waals surface area contributed by atoms with Crippen molar-refractivity contribution in [1.29, 1.82) is 0 Å². The number of aliphatic hydroxyl groups is 1. The van der Waals surface area contributed by atoms with Gasteiger partial charge in [0, 0.05) is 43.5 Å². The SMILES string of the molecule is CCC1CC=C2C(C[C@H]2CO)[C@@H]1NC(=O)c1cnn(CCC(C)(C)NC(C)=O)c1OCC(C)C. The second kappa shape index (κ2) is 10.9. The van der Waals surface area contributed by atoms with Crippen LogP contribution in [0.2, 0.25) is 0 Å². The number of nitrogens with one attached hydrogen (secondary N) is 2. The lowest BCUT2D eigenvalue weighted by atomic mass is 9.60. The maximum absolute atomic E-state index is 13.5. The molecule has 8 heteroatoms. The number of amides is 2. The van der Waals surface area contributed by atoms with Crippen molar-refractivity contribution in [1.82, 2.24) is 20.4 Å². The molecule has 1 aromatic heterocycles. The minimum absolute atomic E-state index is 0.0558. The van der Waals surface area contributed by atoms with Gasteiger partial charge in [-0.3, -0.25) is 9.59 Å². The third-order valence-corrected chi connectivity index (χ3v) is 7.13. The van der Waals surface area contributed by atoms with Gasteiger partial charge in [0.2, 0.25) is 11.8 Å². The fourth-order valence-corrected chi connectivity index (χ4v) is 5.22. The Bertz CT molecular complexity index is 905. The Morgan fingerprint density at radius 1 is 1.35 bits per heavy atom. The van der Waals surface area contributed by atoms with E-state index in [9.17, 15) is 14.7 Å². The molecule has 0 saturated heterocycles. The van der Waals surface area contributed by atoms with Crippen molar-refractivity contribution in [2.45, 2.75) is 85.4 Å². The molecule has 2 amide bonds. The molecule has 0 bridgehead atoms. The van der Waals surface area contributed by atoms with Crippen molar-refractivity contribution in [3.63, 3.8) is 0 Å². The zero-order chi connectivity index (χ0) is 25.0. The van der Waals surface area contributed by atoms with E-state index in [4.69, 9.17) is 4.74 Å². The van der Waals surface area contributed by atoms with Crippen LogP contribution in [-0.2, 0) is 11.3 Å². The van der Waals surface area contributed by atoms with E-state index in [-0.39, 0.29) is 30.4 Å². The van der Waals surface area contributed by atoms with Crippen LogP contribution in [-0.4, -0.2) is 51.5 Å². The molecule has 0 spiro atoms. The monoisotopic (exact) mass is 474 g/mol. The van der Waals surface area contributed by atoms with Crippen LogP contribution >= 0.6 is 0 Å². The van der Waals surface area contributed by atoms with Crippen LogP contribution in [0.5, 0.6) is 5.88 Å². The number of carbonyl (C=O) groups is 2. The molecule has 2 unspecified atom stereocenters. The molecule has 3 N–H and O–H groups in total. The standard InChI is InChI=1S/C26H42N4O4/c1-7-18-8-9-20-19(14-31)12-21(20)23(18)28-24(33)22-13-27-30(25(22)34-15-16(2)3)11-10-26(5,6)29-17(4)32/h9,13,16,18-19,21,23,31H,7-8,10-12,14-15H2,1-6H3,(H,28,33)(H,29,32)/t18?,19-,21?,23+/m0/s1. The van der Waals surface area contributed by atoms with Crippen LogP contribution in [0, 0.1) is 23.7 Å². The first-order valence-corrected chi connectivity index (χ1v) is 12.6. The summed E-state index contributed by atoms with van der Waals surface area (Å²) in [5, 5.41) is 20.3. The van der Waals surface area contributed by atoms with Gasteiger partial charge in [0.05, 0.1) is 12.8 Å². The van der Waals surface area contributed by atoms with Gasteiger partial charge in [-0.15, -0.1) is 0 Å². The molecular formula is C26H42N4O4. The van der Waals surface area contributed by atoms with Gasteiger partial charge in [-0.25, -0.2) is 4.68 Å². The molecule has 4 atom stereocenters. The highest BCUT2D eigenvalue weighted by atomic mass is 16.5. The van der Waals surface area contributed by atoms with Crippen LogP contribution in [0.25, 0.3) is 0 Å². The maximum Gasteiger partial charge on any atom is 0.258 e. The number of aromatic nitrogens is 2. The number of hydrogen-bond acceptors (Lipinski definition) is 5. The number of rotatable bonds is 11. The third-order valence-electron chi connectivity index (χ3n) is 7.13. The molecule has 0 radical (unpaired) electrons. The van der Waals surface area contributed by atoms with Crippen LogP contribution in [0.15, 0.2) is 17.8 Å². The molecule has 2 aliphatic carbocycles. The van der Waals surface area contributed by atoms with E-state index in [1.54, 1.807) is 10.9 Å². The van der Waals surface area contributed by atoms with Gasteiger partial charge in [-0.05, 0) is 44.9 Å². The zero-order valence-electron chi connectivity index (χ0n) is 21.6.